The highest BCUT2D eigenvalue weighted by atomic mass is 35.5. The van der Waals surface area contributed by atoms with Crippen molar-refractivity contribution in [2.75, 3.05) is 13.7 Å². The molecule has 2 aromatic rings. The SMILES string of the molecule is CCCCOC(=O)C(C)Oc1cc(Oc2ccc(C(F)(F)F)cc2Cl)ccc1C(=O)OC. The molecule has 32 heavy (non-hydrogen) atoms. The first-order chi connectivity index (χ1) is 15.1. The predicted octanol–water partition coefficient (Wildman–Crippen LogP) is 6.05. The fourth-order valence-electron chi connectivity index (χ4n) is 2.50. The van der Waals surface area contributed by atoms with Gasteiger partial charge in [0.25, 0.3) is 0 Å². The van der Waals surface area contributed by atoms with E-state index < -0.39 is 29.8 Å². The van der Waals surface area contributed by atoms with Gasteiger partial charge in [-0.1, -0.05) is 24.9 Å². The van der Waals surface area contributed by atoms with E-state index in [2.05, 4.69) is 0 Å². The third-order valence-corrected chi connectivity index (χ3v) is 4.52. The van der Waals surface area contributed by atoms with Gasteiger partial charge in [0.05, 0.1) is 24.3 Å². The second-order valence-electron chi connectivity index (χ2n) is 6.68. The molecule has 6 nitrogen and oxygen atoms in total. The van der Waals surface area contributed by atoms with Gasteiger partial charge in [-0.2, -0.15) is 13.2 Å². The lowest BCUT2D eigenvalue weighted by molar-refractivity contribution is -0.151. The van der Waals surface area contributed by atoms with E-state index in [1.54, 1.807) is 0 Å². The zero-order valence-corrected chi connectivity index (χ0v) is 18.4. The number of unbranched alkanes of at least 4 members (excludes halogenated alkanes) is 1. The molecule has 2 aromatic carbocycles. The summed E-state index contributed by atoms with van der Waals surface area (Å²) in [7, 11) is 1.18. The number of carbonyl (C=O) groups is 2. The molecule has 1 atom stereocenters. The molecule has 0 bridgehead atoms. The lowest BCUT2D eigenvalue weighted by Gasteiger charge is -2.17. The summed E-state index contributed by atoms with van der Waals surface area (Å²) in [6, 6.07) is 6.67. The van der Waals surface area contributed by atoms with Crippen molar-refractivity contribution in [2.45, 2.75) is 39.0 Å². The number of carbonyl (C=O) groups excluding carboxylic acids is 2. The van der Waals surface area contributed by atoms with E-state index in [0.717, 1.165) is 24.6 Å². The molecule has 0 aliphatic rings. The second-order valence-corrected chi connectivity index (χ2v) is 7.08. The Hall–Kier alpha value is -2.94. The van der Waals surface area contributed by atoms with Gasteiger partial charge < -0.3 is 18.9 Å². The fourth-order valence-corrected chi connectivity index (χ4v) is 2.72. The molecule has 0 aromatic heterocycles. The van der Waals surface area contributed by atoms with Crippen molar-refractivity contribution >= 4 is 23.5 Å². The van der Waals surface area contributed by atoms with E-state index in [1.165, 1.54) is 32.2 Å². The van der Waals surface area contributed by atoms with Crippen molar-refractivity contribution in [1.82, 2.24) is 0 Å². The van der Waals surface area contributed by atoms with Crippen LogP contribution in [0.1, 0.15) is 42.6 Å². The Bertz CT molecular complexity index is 961. The van der Waals surface area contributed by atoms with Crippen molar-refractivity contribution < 1.29 is 41.7 Å². The van der Waals surface area contributed by atoms with Crippen molar-refractivity contribution in [3.05, 3.63) is 52.5 Å². The lowest BCUT2D eigenvalue weighted by Crippen LogP contribution is -2.27. The number of benzene rings is 2. The summed E-state index contributed by atoms with van der Waals surface area (Å²) in [5, 5.41) is -0.257. The van der Waals surface area contributed by atoms with E-state index in [9.17, 15) is 22.8 Å². The van der Waals surface area contributed by atoms with Crippen LogP contribution in [0, 0.1) is 0 Å². The summed E-state index contributed by atoms with van der Waals surface area (Å²) in [4.78, 5) is 24.2. The molecule has 0 aliphatic heterocycles. The average Bonchev–Trinajstić information content (AvgIpc) is 2.74. The second kappa shape index (κ2) is 11.1. The van der Waals surface area contributed by atoms with Gasteiger partial charge >= 0.3 is 18.1 Å². The molecule has 0 heterocycles. The van der Waals surface area contributed by atoms with Crippen LogP contribution in [0.15, 0.2) is 36.4 Å². The van der Waals surface area contributed by atoms with Gasteiger partial charge in [-0.05, 0) is 43.7 Å². The third-order valence-electron chi connectivity index (χ3n) is 4.22. The van der Waals surface area contributed by atoms with Crippen molar-refractivity contribution in [2.24, 2.45) is 0 Å². The van der Waals surface area contributed by atoms with Crippen molar-refractivity contribution in [1.29, 1.82) is 0 Å². The maximum atomic E-state index is 12.8. The van der Waals surface area contributed by atoms with E-state index in [0.29, 0.717) is 6.42 Å². The highest BCUT2D eigenvalue weighted by molar-refractivity contribution is 6.32. The van der Waals surface area contributed by atoms with Crippen LogP contribution in [0.3, 0.4) is 0 Å². The number of hydrogen-bond acceptors (Lipinski definition) is 6. The van der Waals surface area contributed by atoms with Gasteiger partial charge in [0.1, 0.15) is 22.8 Å². The number of methoxy groups -OCH3 is 1. The Morgan fingerprint density at radius 2 is 1.81 bits per heavy atom. The molecular weight excluding hydrogens is 453 g/mol. The van der Waals surface area contributed by atoms with Crippen LogP contribution in [0.25, 0.3) is 0 Å². The molecule has 10 heteroatoms. The minimum atomic E-state index is -4.55. The molecule has 174 valence electrons. The highest BCUT2D eigenvalue weighted by Crippen LogP contribution is 2.37. The van der Waals surface area contributed by atoms with E-state index in [-0.39, 0.29) is 34.4 Å². The van der Waals surface area contributed by atoms with Gasteiger partial charge in [0, 0.05) is 6.07 Å². The zero-order valence-electron chi connectivity index (χ0n) is 17.6. The quantitative estimate of drug-likeness (QED) is 0.325. The number of halogens is 4. The van der Waals surface area contributed by atoms with Crippen LogP contribution >= 0.6 is 11.6 Å². The predicted molar refractivity (Wildman–Crippen MR) is 110 cm³/mol. The van der Waals surface area contributed by atoms with E-state index >= 15 is 0 Å². The Labute approximate surface area is 188 Å². The highest BCUT2D eigenvalue weighted by Gasteiger charge is 2.31. The number of esters is 2. The van der Waals surface area contributed by atoms with Crippen LogP contribution in [0.5, 0.6) is 17.2 Å². The standard InChI is InChI=1S/C22H22ClF3O6/c1-4-5-10-30-20(27)13(2)31-19-12-15(7-8-16(19)21(28)29-3)32-18-9-6-14(11-17(18)23)22(24,25)26/h6-9,11-13H,4-5,10H2,1-3H3. The molecule has 0 saturated carbocycles. The van der Waals surface area contributed by atoms with Crippen molar-refractivity contribution in [3.63, 3.8) is 0 Å². The summed E-state index contributed by atoms with van der Waals surface area (Å²) in [5.74, 6) is -1.29. The Morgan fingerprint density at radius 3 is 2.41 bits per heavy atom. The molecule has 0 spiro atoms. The molecule has 0 aliphatic carbocycles. The maximum Gasteiger partial charge on any atom is 0.416 e. The van der Waals surface area contributed by atoms with Gasteiger partial charge in [-0.3, -0.25) is 0 Å². The van der Waals surface area contributed by atoms with Crippen LogP contribution < -0.4 is 9.47 Å². The molecule has 0 fully saturated rings. The first kappa shape index (κ1) is 25.3. The summed E-state index contributed by atoms with van der Waals surface area (Å²) in [6.07, 6.45) is -4.04. The lowest BCUT2D eigenvalue weighted by atomic mass is 10.2. The number of ether oxygens (including phenoxy) is 4. The minimum absolute atomic E-state index is 0.0200. The van der Waals surface area contributed by atoms with Gasteiger partial charge in [0.2, 0.25) is 0 Å². The Balaban J connectivity index is 2.27. The average molecular weight is 475 g/mol. The van der Waals surface area contributed by atoms with Crippen LogP contribution in [-0.2, 0) is 20.4 Å². The monoisotopic (exact) mass is 474 g/mol. The van der Waals surface area contributed by atoms with Crippen molar-refractivity contribution in [3.8, 4) is 17.2 Å². The molecule has 2 rings (SSSR count). The first-order valence-corrected chi connectivity index (χ1v) is 10.0. The third kappa shape index (κ3) is 6.78. The maximum absolute atomic E-state index is 12.8. The normalized spacial score (nSPS) is 12.1. The van der Waals surface area contributed by atoms with Gasteiger partial charge in [-0.25, -0.2) is 9.59 Å². The zero-order chi connectivity index (χ0) is 23.9. The number of hydrogen-bond donors (Lipinski definition) is 0. The largest absolute Gasteiger partial charge is 0.478 e. The summed E-state index contributed by atoms with van der Waals surface area (Å²) < 4.78 is 59.4. The van der Waals surface area contributed by atoms with Gasteiger partial charge in [0.15, 0.2) is 6.10 Å². The topological polar surface area (TPSA) is 71.1 Å². The van der Waals surface area contributed by atoms with Crippen LogP contribution in [0.2, 0.25) is 5.02 Å². The van der Waals surface area contributed by atoms with Gasteiger partial charge in [-0.15, -0.1) is 0 Å². The Morgan fingerprint density at radius 1 is 1.09 bits per heavy atom. The number of rotatable bonds is 9. The Kier molecular flexibility index (Phi) is 8.77. The fraction of sp³-hybridized carbons (Fsp3) is 0.364. The molecule has 1 unspecified atom stereocenters. The summed E-state index contributed by atoms with van der Waals surface area (Å²) in [5.41, 5.74) is -0.901. The van der Waals surface area contributed by atoms with E-state index in [4.69, 9.17) is 30.5 Å². The minimum Gasteiger partial charge on any atom is -0.478 e. The first-order valence-electron chi connectivity index (χ1n) is 9.67. The summed E-state index contributed by atoms with van der Waals surface area (Å²) >= 11 is 5.92. The molecule has 0 saturated heterocycles. The molecule has 0 amide bonds. The summed E-state index contributed by atoms with van der Waals surface area (Å²) in [6.45, 7) is 3.64. The number of alkyl halides is 3. The van der Waals surface area contributed by atoms with E-state index in [1.807, 2.05) is 6.92 Å². The molecular formula is C22H22ClF3O6. The van der Waals surface area contributed by atoms with Crippen LogP contribution in [-0.4, -0.2) is 31.8 Å². The van der Waals surface area contributed by atoms with Crippen LogP contribution in [0.4, 0.5) is 13.2 Å². The smallest absolute Gasteiger partial charge is 0.416 e. The molecule has 0 radical (unpaired) electrons. The molecule has 0 N–H and O–H groups in total.